The maximum atomic E-state index is 12.3. The molecule has 1 N–H and O–H groups in total. The van der Waals surface area contributed by atoms with Gasteiger partial charge < -0.3 is 10.2 Å². The van der Waals surface area contributed by atoms with Crippen LogP contribution in [-0.4, -0.2) is 92.4 Å². The van der Waals surface area contributed by atoms with Crippen molar-refractivity contribution in [3.05, 3.63) is 0 Å². The van der Waals surface area contributed by atoms with Crippen LogP contribution in [0.4, 0.5) is 0 Å². The highest BCUT2D eigenvalue weighted by molar-refractivity contribution is 7.88. The van der Waals surface area contributed by atoms with E-state index in [1.54, 1.807) is 9.80 Å². The van der Waals surface area contributed by atoms with E-state index in [0.717, 1.165) is 0 Å². The second kappa shape index (κ2) is 8.60. The molecule has 1 aliphatic rings. The molecule has 8 nitrogen and oxygen atoms in total. The summed E-state index contributed by atoms with van der Waals surface area (Å²) in [6.07, 6.45) is 1.18. The fraction of sp³-hybridized carbons (Fsp3) is 0.857. The molecule has 2 amide bonds. The van der Waals surface area contributed by atoms with Gasteiger partial charge in [0.05, 0.1) is 19.3 Å². The molecule has 0 atom stereocenters. The van der Waals surface area contributed by atoms with Crippen molar-refractivity contribution >= 4 is 21.8 Å². The van der Waals surface area contributed by atoms with Crippen LogP contribution in [0.5, 0.6) is 0 Å². The minimum Gasteiger partial charge on any atom is -0.353 e. The van der Waals surface area contributed by atoms with E-state index in [1.165, 1.54) is 10.6 Å². The smallest absolute Gasteiger partial charge is 0.236 e. The first-order chi connectivity index (χ1) is 10.6. The Labute approximate surface area is 138 Å². The zero-order chi connectivity index (χ0) is 17.6. The molecule has 0 aliphatic carbocycles. The van der Waals surface area contributed by atoms with Crippen LogP contribution in [0.1, 0.15) is 20.8 Å². The molecule has 0 aromatic carbocycles. The summed E-state index contributed by atoms with van der Waals surface area (Å²) in [5.74, 6) is -0.172. The van der Waals surface area contributed by atoms with Crippen LogP contribution in [0, 0.1) is 0 Å². The number of hydrogen-bond acceptors (Lipinski definition) is 5. The number of nitrogens with one attached hydrogen (secondary N) is 1. The number of sulfonamides is 1. The molecule has 1 aliphatic heterocycles. The molecule has 1 heterocycles. The minimum atomic E-state index is -3.20. The lowest BCUT2D eigenvalue weighted by Crippen LogP contribution is -2.53. The van der Waals surface area contributed by atoms with Crippen molar-refractivity contribution in [2.45, 2.75) is 26.8 Å². The number of amides is 2. The number of carbonyl (C=O) groups is 2. The predicted octanol–water partition coefficient (Wildman–Crippen LogP) is -1.06. The number of rotatable bonds is 7. The summed E-state index contributed by atoms with van der Waals surface area (Å²) in [6.45, 7) is 8.06. The van der Waals surface area contributed by atoms with E-state index in [9.17, 15) is 18.0 Å². The van der Waals surface area contributed by atoms with Crippen LogP contribution in [0.2, 0.25) is 0 Å². The molecule has 1 fully saturated rings. The maximum absolute atomic E-state index is 12.3. The third-order valence-electron chi connectivity index (χ3n) is 3.68. The summed E-state index contributed by atoms with van der Waals surface area (Å²) in [5.41, 5.74) is 0. The van der Waals surface area contributed by atoms with Gasteiger partial charge >= 0.3 is 0 Å². The number of carbonyl (C=O) groups excluding carboxylic acids is 2. The largest absolute Gasteiger partial charge is 0.353 e. The number of nitrogens with zero attached hydrogens (tertiary/aromatic N) is 3. The molecule has 0 radical (unpaired) electrons. The molecular formula is C14H28N4O4S. The van der Waals surface area contributed by atoms with Crippen LogP contribution in [0.25, 0.3) is 0 Å². The van der Waals surface area contributed by atoms with E-state index in [0.29, 0.717) is 32.7 Å². The molecule has 0 spiro atoms. The Hall–Kier alpha value is -1.19. The van der Waals surface area contributed by atoms with Crippen LogP contribution in [-0.2, 0) is 19.6 Å². The fourth-order valence-electron chi connectivity index (χ4n) is 2.41. The van der Waals surface area contributed by atoms with Gasteiger partial charge in [0.1, 0.15) is 0 Å². The van der Waals surface area contributed by atoms with Gasteiger partial charge in [-0.05, 0) is 20.4 Å². The monoisotopic (exact) mass is 348 g/mol. The van der Waals surface area contributed by atoms with E-state index in [4.69, 9.17) is 0 Å². The van der Waals surface area contributed by atoms with Gasteiger partial charge in [0.25, 0.3) is 0 Å². The molecule has 0 aromatic rings. The normalized spacial score (nSPS) is 16.9. The first kappa shape index (κ1) is 19.9. The fourth-order valence-corrected chi connectivity index (χ4v) is 3.24. The van der Waals surface area contributed by atoms with Crippen molar-refractivity contribution < 1.29 is 18.0 Å². The molecule has 0 saturated carbocycles. The molecule has 0 aromatic heterocycles. The van der Waals surface area contributed by atoms with Gasteiger partial charge in [-0.15, -0.1) is 0 Å². The summed E-state index contributed by atoms with van der Waals surface area (Å²) >= 11 is 0. The van der Waals surface area contributed by atoms with Crippen molar-refractivity contribution in [2.24, 2.45) is 0 Å². The number of likely N-dealkylation sites (N-methyl/N-ethyl adjacent to an activating group) is 1. The first-order valence-electron chi connectivity index (χ1n) is 7.88. The van der Waals surface area contributed by atoms with E-state index in [2.05, 4.69) is 5.32 Å². The van der Waals surface area contributed by atoms with Gasteiger partial charge in [0, 0.05) is 32.2 Å². The zero-order valence-electron chi connectivity index (χ0n) is 14.4. The lowest BCUT2D eigenvalue weighted by atomic mass is 10.3. The standard InChI is InChI=1S/C14H28N4O4S/c1-5-16(10-13(19)15-12(2)3)11-14(20)17-6-8-18(9-7-17)23(4,21)22/h12H,5-11H2,1-4H3,(H,15,19). The van der Waals surface area contributed by atoms with Crippen molar-refractivity contribution in [1.82, 2.24) is 19.4 Å². The molecule has 23 heavy (non-hydrogen) atoms. The van der Waals surface area contributed by atoms with Crippen molar-refractivity contribution in [3.63, 3.8) is 0 Å². The van der Waals surface area contributed by atoms with Gasteiger partial charge in [0.15, 0.2) is 0 Å². The third kappa shape index (κ3) is 6.84. The summed E-state index contributed by atoms with van der Waals surface area (Å²) < 4.78 is 24.3. The van der Waals surface area contributed by atoms with E-state index >= 15 is 0 Å². The van der Waals surface area contributed by atoms with E-state index < -0.39 is 10.0 Å². The van der Waals surface area contributed by atoms with Crippen molar-refractivity contribution in [3.8, 4) is 0 Å². The summed E-state index contributed by atoms with van der Waals surface area (Å²) in [7, 11) is -3.20. The van der Waals surface area contributed by atoms with Gasteiger partial charge in [-0.25, -0.2) is 8.42 Å². The highest BCUT2D eigenvalue weighted by Crippen LogP contribution is 2.06. The highest BCUT2D eigenvalue weighted by atomic mass is 32.2. The molecular weight excluding hydrogens is 320 g/mol. The molecule has 0 bridgehead atoms. The second-order valence-corrected chi connectivity index (χ2v) is 8.05. The third-order valence-corrected chi connectivity index (χ3v) is 4.99. The van der Waals surface area contributed by atoms with Crippen LogP contribution in [0.15, 0.2) is 0 Å². The Morgan fingerprint density at radius 3 is 2.13 bits per heavy atom. The molecule has 9 heteroatoms. The quantitative estimate of drug-likeness (QED) is 0.633. The zero-order valence-corrected chi connectivity index (χ0v) is 15.2. The van der Waals surface area contributed by atoms with Crippen molar-refractivity contribution in [2.75, 3.05) is 52.1 Å². The van der Waals surface area contributed by atoms with Crippen LogP contribution in [0.3, 0.4) is 0 Å². The van der Waals surface area contributed by atoms with E-state index in [1.807, 2.05) is 20.8 Å². The summed E-state index contributed by atoms with van der Waals surface area (Å²) in [5, 5.41) is 2.80. The van der Waals surface area contributed by atoms with Gasteiger partial charge in [0.2, 0.25) is 21.8 Å². The Morgan fingerprint density at radius 1 is 1.13 bits per heavy atom. The molecule has 1 rings (SSSR count). The molecule has 1 saturated heterocycles. The van der Waals surface area contributed by atoms with Gasteiger partial charge in [-0.1, -0.05) is 6.92 Å². The average Bonchev–Trinajstić information content (AvgIpc) is 2.44. The average molecular weight is 348 g/mol. The number of hydrogen-bond donors (Lipinski definition) is 1. The van der Waals surface area contributed by atoms with Crippen molar-refractivity contribution in [1.29, 1.82) is 0 Å². The Balaban J connectivity index is 2.47. The van der Waals surface area contributed by atoms with Gasteiger partial charge in [-0.3, -0.25) is 14.5 Å². The Bertz CT molecular complexity index is 513. The first-order valence-corrected chi connectivity index (χ1v) is 9.73. The lowest BCUT2D eigenvalue weighted by Gasteiger charge is -2.34. The van der Waals surface area contributed by atoms with Crippen LogP contribution < -0.4 is 5.32 Å². The van der Waals surface area contributed by atoms with Crippen LogP contribution >= 0.6 is 0 Å². The summed E-state index contributed by atoms with van der Waals surface area (Å²) in [4.78, 5) is 27.5. The van der Waals surface area contributed by atoms with Gasteiger partial charge in [-0.2, -0.15) is 4.31 Å². The molecule has 134 valence electrons. The Kier molecular flexibility index (Phi) is 7.43. The minimum absolute atomic E-state index is 0.0703. The SMILES string of the molecule is CCN(CC(=O)NC(C)C)CC(=O)N1CCN(S(C)(=O)=O)CC1. The predicted molar refractivity (Wildman–Crippen MR) is 88.4 cm³/mol. The summed E-state index contributed by atoms with van der Waals surface area (Å²) in [6, 6.07) is 0.0703. The topological polar surface area (TPSA) is 90.0 Å². The molecule has 0 unspecified atom stereocenters. The Morgan fingerprint density at radius 2 is 1.70 bits per heavy atom. The lowest BCUT2D eigenvalue weighted by molar-refractivity contribution is -0.134. The highest BCUT2D eigenvalue weighted by Gasteiger charge is 2.26. The number of piperazine rings is 1. The maximum Gasteiger partial charge on any atom is 0.236 e. The second-order valence-electron chi connectivity index (χ2n) is 6.07. The van der Waals surface area contributed by atoms with E-state index in [-0.39, 0.29) is 30.9 Å².